The van der Waals surface area contributed by atoms with E-state index in [4.69, 9.17) is 9.47 Å². The summed E-state index contributed by atoms with van der Waals surface area (Å²) in [7, 11) is 3.42. The average Bonchev–Trinajstić information content (AvgIpc) is 2.84. The van der Waals surface area contributed by atoms with E-state index in [9.17, 15) is 0 Å². The smallest absolute Gasteiger partial charge is 0.125 e. The molecule has 1 atom stereocenters. The molecule has 0 spiro atoms. The van der Waals surface area contributed by atoms with Crippen molar-refractivity contribution in [3.05, 3.63) is 23.3 Å². The van der Waals surface area contributed by atoms with Crippen LogP contribution in [-0.4, -0.2) is 26.8 Å². The van der Waals surface area contributed by atoms with Crippen LogP contribution in [0, 0.1) is 6.92 Å². The molecule has 3 nitrogen and oxygen atoms in total. The summed E-state index contributed by atoms with van der Waals surface area (Å²) in [6, 6.07) is 4.85. The second kappa shape index (κ2) is 5.41. The molecule has 1 aromatic carbocycles. The molecule has 1 N–H and O–H groups in total. The van der Waals surface area contributed by atoms with Crippen LogP contribution in [0.4, 0.5) is 0 Å². The minimum Gasteiger partial charge on any atom is -0.496 e. The monoisotopic (exact) mass is 235 g/mol. The summed E-state index contributed by atoms with van der Waals surface area (Å²) in [4.78, 5) is 0. The second-order valence-electron chi connectivity index (χ2n) is 4.62. The van der Waals surface area contributed by atoms with Crippen LogP contribution < -0.4 is 14.8 Å². The van der Waals surface area contributed by atoms with E-state index in [1.165, 1.54) is 18.4 Å². The highest BCUT2D eigenvalue weighted by Crippen LogP contribution is 2.30. The summed E-state index contributed by atoms with van der Waals surface area (Å²) in [5.74, 6) is 1.83. The number of nitrogens with one attached hydrogen (secondary N) is 1. The second-order valence-corrected chi connectivity index (χ2v) is 4.62. The molecule has 3 heteroatoms. The number of hydrogen-bond acceptors (Lipinski definition) is 3. The first-order valence-electron chi connectivity index (χ1n) is 6.19. The molecule has 1 heterocycles. The zero-order chi connectivity index (χ0) is 12.3. The fourth-order valence-electron chi connectivity index (χ4n) is 2.47. The average molecular weight is 235 g/mol. The number of ether oxygens (including phenoxy) is 2. The lowest BCUT2D eigenvalue weighted by molar-refractivity contribution is 0.387. The van der Waals surface area contributed by atoms with Crippen LogP contribution in [0.2, 0.25) is 0 Å². The number of methoxy groups -OCH3 is 2. The van der Waals surface area contributed by atoms with Gasteiger partial charge in [-0.05, 0) is 50.4 Å². The maximum Gasteiger partial charge on any atom is 0.125 e. The summed E-state index contributed by atoms with van der Waals surface area (Å²) in [5, 5.41) is 3.51. The molecule has 1 aromatic rings. The third-order valence-electron chi connectivity index (χ3n) is 3.46. The molecule has 0 radical (unpaired) electrons. The van der Waals surface area contributed by atoms with E-state index in [0.717, 1.165) is 30.0 Å². The molecular weight excluding hydrogens is 214 g/mol. The van der Waals surface area contributed by atoms with Gasteiger partial charge in [-0.1, -0.05) is 0 Å². The Morgan fingerprint density at radius 3 is 2.35 bits per heavy atom. The molecule has 0 aliphatic carbocycles. The predicted molar refractivity (Wildman–Crippen MR) is 69.0 cm³/mol. The first-order chi connectivity index (χ1) is 8.24. The molecule has 2 rings (SSSR count). The maximum absolute atomic E-state index is 5.39. The Kier molecular flexibility index (Phi) is 3.89. The Bertz CT molecular complexity index is 359. The van der Waals surface area contributed by atoms with Gasteiger partial charge < -0.3 is 14.8 Å². The molecule has 1 unspecified atom stereocenters. The van der Waals surface area contributed by atoms with E-state index in [0.29, 0.717) is 6.04 Å². The minimum atomic E-state index is 0.604. The van der Waals surface area contributed by atoms with Crippen molar-refractivity contribution in [2.24, 2.45) is 0 Å². The number of rotatable bonds is 4. The molecule has 1 aliphatic heterocycles. The lowest BCUT2D eigenvalue weighted by atomic mass is 10.0. The summed E-state index contributed by atoms with van der Waals surface area (Å²) >= 11 is 0. The summed E-state index contributed by atoms with van der Waals surface area (Å²) in [6.07, 6.45) is 3.59. The van der Waals surface area contributed by atoms with Crippen molar-refractivity contribution < 1.29 is 9.47 Å². The van der Waals surface area contributed by atoms with Crippen LogP contribution in [0.15, 0.2) is 12.1 Å². The van der Waals surface area contributed by atoms with Gasteiger partial charge in [0.1, 0.15) is 11.5 Å². The molecule has 0 amide bonds. The maximum atomic E-state index is 5.39. The van der Waals surface area contributed by atoms with Crippen LogP contribution >= 0.6 is 0 Å². The van der Waals surface area contributed by atoms with Crippen molar-refractivity contribution in [3.8, 4) is 11.5 Å². The highest BCUT2D eigenvalue weighted by atomic mass is 16.5. The summed E-state index contributed by atoms with van der Waals surface area (Å²) in [6.45, 7) is 3.17. The first kappa shape index (κ1) is 12.2. The molecule has 94 valence electrons. The lowest BCUT2D eigenvalue weighted by Gasteiger charge is -2.15. The van der Waals surface area contributed by atoms with E-state index in [-0.39, 0.29) is 0 Å². The van der Waals surface area contributed by atoms with E-state index in [1.807, 2.05) is 6.92 Å². The van der Waals surface area contributed by atoms with E-state index in [1.54, 1.807) is 14.2 Å². The first-order valence-corrected chi connectivity index (χ1v) is 6.19. The van der Waals surface area contributed by atoms with E-state index < -0.39 is 0 Å². The van der Waals surface area contributed by atoms with Gasteiger partial charge in [-0.15, -0.1) is 0 Å². The van der Waals surface area contributed by atoms with E-state index in [2.05, 4.69) is 17.4 Å². The fraction of sp³-hybridized carbons (Fsp3) is 0.571. The van der Waals surface area contributed by atoms with Gasteiger partial charge >= 0.3 is 0 Å². The highest BCUT2D eigenvalue weighted by molar-refractivity contribution is 5.47. The van der Waals surface area contributed by atoms with Crippen molar-refractivity contribution in [1.82, 2.24) is 5.32 Å². The number of hydrogen-bond donors (Lipinski definition) is 1. The molecular formula is C14H21NO2. The summed E-state index contributed by atoms with van der Waals surface area (Å²) < 4.78 is 10.8. The van der Waals surface area contributed by atoms with Crippen molar-refractivity contribution in [3.63, 3.8) is 0 Å². The molecule has 1 fully saturated rings. The molecule has 1 aliphatic rings. The van der Waals surface area contributed by atoms with Crippen LogP contribution in [0.1, 0.15) is 24.0 Å². The lowest BCUT2D eigenvalue weighted by Crippen LogP contribution is -2.23. The van der Waals surface area contributed by atoms with Crippen LogP contribution in [-0.2, 0) is 6.42 Å². The van der Waals surface area contributed by atoms with Crippen molar-refractivity contribution in [2.75, 3.05) is 20.8 Å². The van der Waals surface area contributed by atoms with Gasteiger partial charge in [-0.2, -0.15) is 0 Å². The van der Waals surface area contributed by atoms with Gasteiger partial charge in [0.2, 0.25) is 0 Å². The van der Waals surface area contributed by atoms with Crippen molar-refractivity contribution >= 4 is 0 Å². The van der Waals surface area contributed by atoms with E-state index >= 15 is 0 Å². The molecule has 1 saturated heterocycles. The Hall–Kier alpha value is -1.22. The Morgan fingerprint density at radius 2 is 1.88 bits per heavy atom. The number of benzene rings is 1. The van der Waals surface area contributed by atoms with Crippen molar-refractivity contribution in [1.29, 1.82) is 0 Å². The summed E-state index contributed by atoms with van der Waals surface area (Å²) in [5.41, 5.74) is 2.35. The minimum absolute atomic E-state index is 0.604. The zero-order valence-electron chi connectivity index (χ0n) is 10.9. The molecule has 0 saturated carbocycles. The Morgan fingerprint density at radius 1 is 1.24 bits per heavy atom. The van der Waals surface area contributed by atoms with Gasteiger partial charge in [0, 0.05) is 11.6 Å². The molecule has 0 bridgehead atoms. The topological polar surface area (TPSA) is 30.5 Å². The fourth-order valence-corrected chi connectivity index (χ4v) is 2.47. The Balaban J connectivity index is 2.21. The normalized spacial score (nSPS) is 19.4. The quantitative estimate of drug-likeness (QED) is 0.868. The third kappa shape index (κ3) is 2.72. The van der Waals surface area contributed by atoms with Crippen LogP contribution in [0.5, 0.6) is 11.5 Å². The van der Waals surface area contributed by atoms with Crippen molar-refractivity contribution in [2.45, 2.75) is 32.2 Å². The molecule has 0 aromatic heterocycles. The van der Waals surface area contributed by atoms with Gasteiger partial charge in [-0.25, -0.2) is 0 Å². The third-order valence-corrected chi connectivity index (χ3v) is 3.46. The zero-order valence-corrected chi connectivity index (χ0v) is 10.9. The molecule has 17 heavy (non-hydrogen) atoms. The van der Waals surface area contributed by atoms with Crippen LogP contribution in [0.25, 0.3) is 0 Å². The van der Waals surface area contributed by atoms with Gasteiger partial charge in [0.05, 0.1) is 14.2 Å². The highest BCUT2D eigenvalue weighted by Gasteiger charge is 2.16. The SMILES string of the molecule is COc1cc(CC2CCCN2)cc(OC)c1C. The largest absolute Gasteiger partial charge is 0.496 e. The van der Waals surface area contributed by atoms with Gasteiger partial charge in [0.25, 0.3) is 0 Å². The van der Waals surface area contributed by atoms with Crippen LogP contribution in [0.3, 0.4) is 0 Å². The standard InChI is InChI=1S/C14H21NO2/c1-10-13(16-2)8-11(9-14(10)17-3)7-12-5-4-6-15-12/h8-9,12,15H,4-7H2,1-3H3. The van der Waals surface area contributed by atoms with Gasteiger partial charge in [0.15, 0.2) is 0 Å². The van der Waals surface area contributed by atoms with Gasteiger partial charge in [-0.3, -0.25) is 0 Å². The predicted octanol–water partition coefficient (Wildman–Crippen LogP) is 2.31. The Labute approximate surface area is 103 Å².